The standard InChI is InChI=1S/C16H16N2O2S/c1-12-7-9-14(10-8-12)21(19,20)17-16-11-13-5-3-4-6-15(13)18(16)2/h3-11,17H,1-2H3. The van der Waals surface area contributed by atoms with Gasteiger partial charge in [-0.3, -0.25) is 4.72 Å². The third-order valence-electron chi connectivity index (χ3n) is 3.52. The number of benzene rings is 2. The summed E-state index contributed by atoms with van der Waals surface area (Å²) >= 11 is 0. The van der Waals surface area contributed by atoms with Gasteiger partial charge in [-0.1, -0.05) is 35.9 Å². The van der Waals surface area contributed by atoms with Gasteiger partial charge in [-0.15, -0.1) is 0 Å². The van der Waals surface area contributed by atoms with Crippen LogP contribution in [0.3, 0.4) is 0 Å². The van der Waals surface area contributed by atoms with E-state index in [4.69, 9.17) is 0 Å². The van der Waals surface area contributed by atoms with Crippen LogP contribution in [-0.4, -0.2) is 13.0 Å². The Bertz CT molecular complexity index is 894. The van der Waals surface area contributed by atoms with Crippen LogP contribution in [0.25, 0.3) is 10.9 Å². The molecule has 0 fully saturated rings. The van der Waals surface area contributed by atoms with Crippen molar-refractivity contribution in [1.82, 2.24) is 4.57 Å². The molecular weight excluding hydrogens is 284 g/mol. The molecule has 0 bridgehead atoms. The molecule has 0 aliphatic rings. The molecule has 5 heteroatoms. The molecule has 0 saturated heterocycles. The molecule has 0 aliphatic heterocycles. The fraction of sp³-hybridized carbons (Fsp3) is 0.125. The molecule has 0 aliphatic carbocycles. The molecule has 21 heavy (non-hydrogen) atoms. The lowest BCUT2D eigenvalue weighted by atomic mass is 10.2. The van der Waals surface area contributed by atoms with Crippen molar-refractivity contribution < 1.29 is 8.42 Å². The normalized spacial score (nSPS) is 11.7. The van der Waals surface area contributed by atoms with Gasteiger partial charge in [0.1, 0.15) is 5.82 Å². The van der Waals surface area contributed by atoms with E-state index in [2.05, 4.69) is 4.72 Å². The number of hydrogen-bond donors (Lipinski definition) is 1. The van der Waals surface area contributed by atoms with Crippen LogP contribution in [0.5, 0.6) is 0 Å². The van der Waals surface area contributed by atoms with E-state index in [0.717, 1.165) is 16.5 Å². The van der Waals surface area contributed by atoms with Gasteiger partial charge < -0.3 is 4.57 Å². The number of anilines is 1. The Morgan fingerprint density at radius 3 is 2.33 bits per heavy atom. The fourth-order valence-corrected chi connectivity index (χ4v) is 3.38. The highest BCUT2D eigenvalue weighted by Gasteiger charge is 2.16. The molecule has 1 aromatic heterocycles. The van der Waals surface area contributed by atoms with E-state index < -0.39 is 10.0 Å². The molecule has 1 N–H and O–H groups in total. The van der Waals surface area contributed by atoms with E-state index in [1.165, 1.54) is 0 Å². The summed E-state index contributed by atoms with van der Waals surface area (Å²) in [6, 6.07) is 16.4. The number of aromatic nitrogens is 1. The number of aryl methyl sites for hydroxylation is 2. The molecule has 0 spiro atoms. The Morgan fingerprint density at radius 2 is 1.67 bits per heavy atom. The van der Waals surface area contributed by atoms with Crippen LogP contribution >= 0.6 is 0 Å². The SMILES string of the molecule is Cc1ccc(S(=O)(=O)Nc2cc3ccccc3n2C)cc1. The lowest BCUT2D eigenvalue weighted by Gasteiger charge is -2.09. The summed E-state index contributed by atoms with van der Waals surface area (Å²) in [5.74, 6) is 0.553. The molecule has 108 valence electrons. The van der Waals surface area contributed by atoms with Gasteiger partial charge in [-0.25, -0.2) is 8.42 Å². The minimum absolute atomic E-state index is 0.262. The van der Waals surface area contributed by atoms with Gasteiger partial charge in [0.15, 0.2) is 0 Å². The van der Waals surface area contributed by atoms with Crippen LogP contribution in [0.1, 0.15) is 5.56 Å². The Kier molecular flexibility index (Phi) is 3.22. The Labute approximate surface area is 124 Å². The molecule has 0 saturated carbocycles. The first-order chi connectivity index (χ1) is 9.97. The molecule has 0 atom stereocenters. The van der Waals surface area contributed by atoms with E-state index in [9.17, 15) is 8.42 Å². The smallest absolute Gasteiger partial charge is 0.262 e. The van der Waals surface area contributed by atoms with Crippen molar-refractivity contribution in [2.75, 3.05) is 4.72 Å². The lowest BCUT2D eigenvalue weighted by molar-refractivity contribution is 0.600. The third kappa shape index (κ3) is 2.52. The predicted octanol–water partition coefficient (Wildman–Crippen LogP) is 3.29. The Balaban J connectivity index is 2.01. The number of fused-ring (bicyclic) bond motifs is 1. The average Bonchev–Trinajstić information content (AvgIpc) is 2.76. The molecule has 0 amide bonds. The third-order valence-corrected chi connectivity index (χ3v) is 4.89. The van der Waals surface area contributed by atoms with Gasteiger partial charge >= 0.3 is 0 Å². The van der Waals surface area contributed by atoms with Crippen molar-refractivity contribution in [1.29, 1.82) is 0 Å². The second-order valence-corrected chi connectivity index (χ2v) is 6.75. The van der Waals surface area contributed by atoms with Crippen LogP contribution in [0.15, 0.2) is 59.5 Å². The minimum atomic E-state index is -3.57. The summed E-state index contributed by atoms with van der Waals surface area (Å²) in [7, 11) is -1.73. The highest BCUT2D eigenvalue weighted by atomic mass is 32.2. The van der Waals surface area contributed by atoms with Crippen molar-refractivity contribution in [3.05, 3.63) is 60.2 Å². The van der Waals surface area contributed by atoms with E-state index in [1.54, 1.807) is 24.3 Å². The monoisotopic (exact) mass is 300 g/mol. The largest absolute Gasteiger partial charge is 0.330 e. The topological polar surface area (TPSA) is 51.1 Å². The summed E-state index contributed by atoms with van der Waals surface area (Å²) in [5, 5.41) is 1.00. The van der Waals surface area contributed by atoms with E-state index in [0.29, 0.717) is 5.82 Å². The number of sulfonamides is 1. The highest BCUT2D eigenvalue weighted by Crippen LogP contribution is 2.24. The number of para-hydroxylation sites is 1. The summed E-state index contributed by atoms with van der Waals surface area (Å²) in [5.41, 5.74) is 2.01. The molecule has 2 aromatic carbocycles. The van der Waals surface area contributed by atoms with Crippen LogP contribution in [0.4, 0.5) is 5.82 Å². The number of nitrogens with one attached hydrogen (secondary N) is 1. The van der Waals surface area contributed by atoms with Crippen molar-refractivity contribution >= 4 is 26.7 Å². The zero-order valence-corrected chi connectivity index (χ0v) is 12.7. The van der Waals surface area contributed by atoms with Crippen LogP contribution in [0, 0.1) is 6.92 Å². The van der Waals surface area contributed by atoms with Gasteiger partial charge in [-0.05, 0) is 31.2 Å². The zero-order valence-electron chi connectivity index (χ0n) is 11.9. The van der Waals surface area contributed by atoms with Gasteiger partial charge in [0.05, 0.1) is 4.90 Å². The van der Waals surface area contributed by atoms with Gasteiger partial charge in [0, 0.05) is 18.0 Å². The Hall–Kier alpha value is -2.27. The first-order valence-electron chi connectivity index (χ1n) is 6.61. The summed E-state index contributed by atoms with van der Waals surface area (Å²) in [4.78, 5) is 0.262. The van der Waals surface area contributed by atoms with Crippen molar-refractivity contribution in [3.8, 4) is 0 Å². The van der Waals surface area contributed by atoms with Crippen LogP contribution < -0.4 is 4.72 Å². The van der Waals surface area contributed by atoms with Crippen molar-refractivity contribution in [3.63, 3.8) is 0 Å². The maximum absolute atomic E-state index is 12.4. The van der Waals surface area contributed by atoms with Gasteiger partial charge in [0.2, 0.25) is 0 Å². The van der Waals surface area contributed by atoms with Crippen LogP contribution in [0.2, 0.25) is 0 Å². The second-order valence-electron chi connectivity index (χ2n) is 5.07. The summed E-state index contributed by atoms with van der Waals surface area (Å²) in [6.07, 6.45) is 0. The molecule has 0 radical (unpaired) electrons. The van der Waals surface area contributed by atoms with Gasteiger partial charge in [-0.2, -0.15) is 0 Å². The quantitative estimate of drug-likeness (QED) is 0.807. The maximum Gasteiger partial charge on any atom is 0.262 e. The van der Waals surface area contributed by atoms with Crippen LogP contribution in [-0.2, 0) is 17.1 Å². The van der Waals surface area contributed by atoms with Crippen molar-refractivity contribution in [2.45, 2.75) is 11.8 Å². The number of nitrogens with zero attached hydrogens (tertiary/aromatic N) is 1. The van der Waals surface area contributed by atoms with Gasteiger partial charge in [0.25, 0.3) is 10.0 Å². The Morgan fingerprint density at radius 1 is 1.00 bits per heavy atom. The molecule has 3 rings (SSSR count). The fourth-order valence-electron chi connectivity index (χ4n) is 2.30. The first-order valence-corrected chi connectivity index (χ1v) is 8.10. The predicted molar refractivity (Wildman–Crippen MR) is 84.9 cm³/mol. The zero-order chi connectivity index (χ0) is 15.0. The molecule has 4 nitrogen and oxygen atoms in total. The summed E-state index contributed by atoms with van der Waals surface area (Å²) in [6.45, 7) is 1.92. The van der Waals surface area contributed by atoms with E-state index in [1.807, 2.05) is 48.9 Å². The van der Waals surface area contributed by atoms with E-state index in [-0.39, 0.29) is 4.90 Å². The number of hydrogen-bond acceptors (Lipinski definition) is 2. The summed E-state index contributed by atoms with van der Waals surface area (Å²) < 4.78 is 29.3. The maximum atomic E-state index is 12.4. The highest BCUT2D eigenvalue weighted by molar-refractivity contribution is 7.92. The second kappa shape index (κ2) is 4.93. The molecular formula is C16H16N2O2S. The lowest BCUT2D eigenvalue weighted by Crippen LogP contribution is -2.14. The number of rotatable bonds is 3. The average molecular weight is 300 g/mol. The first kappa shape index (κ1) is 13.7. The molecule has 0 unspecified atom stereocenters. The van der Waals surface area contributed by atoms with Crippen molar-refractivity contribution in [2.24, 2.45) is 7.05 Å². The minimum Gasteiger partial charge on any atom is -0.330 e. The molecule has 3 aromatic rings. The van der Waals surface area contributed by atoms with E-state index >= 15 is 0 Å². The molecule has 1 heterocycles.